The van der Waals surface area contributed by atoms with Crippen molar-refractivity contribution in [2.24, 2.45) is 11.8 Å². The van der Waals surface area contributed by atoms with E-state index in [9.17, 15) is 23.1 Å². The van der Waals surface area contributed by atoms with E-state index in [0.717, 1.165) is 5.56 Å². The molecule has 0 aliphatic carbocycles. The van der Waals surface area contributed by atoms with Crippen molar-refractivity contribution >= 4 is 33.5 Å². The predicted octanol–water partition coefficient (Wildman–Crippen LogP) is 3.06. The number of nitrogens with one attached hydrogen (secondary N) is 1. The summed E-state index contributed by atoms with van der Waals surface area (Å²) in [5, 5.41) is 9.78. The molecule has 0 saturated carbocycles. The Labute approximate surface area is 177 Å². The molecule has 1 amide bonds. The highest BCUT2D eigenvalue weighted by Crippen LogP contribution is 2.38. The van der Waals surface area contributed by atoms with Crippen LogP contribution in [0.5, 0.6) is 0 Å². The fourth-order valence-electron chi connectivity index (χ4n) is 3.76. The van der Waals surface area contributed by atoms with Gasteiger partial charge in [0.1, 0.15) is 0 Å². The van der Waals surface area contributed by atoms with Gasteiger partial charge in [-0.15, -0.1) is 0 Å². The van der Waals surface area contributed by atoms with E-state index in [4.69, 9.17) is 11.6 Å². The van der Waals surface area contributed by atoms with Crippen LogP contribution in [0.25, 0.3) is 0 Å². The number of amides is 1. The number of piperidine rings is 1. The van der Waals surface area contributed by atoms with E-state index in [1.165, 1.54) is 0 Å². The molecule has 1 aromatic carbocycles. The third kappa shape index (κ3) is 6.17. The number of halogens is 1. The van der Waals surface area contributed by atoms with Gasteiger partial charge >= 0.3 is 5.97 Å². The third-order valence-corrected chi connectivity index (χ3v) is 7.04. The molecular formula is C20H29ClN2O5S. The summed E-state index contributed by atoms with van der Waals surface area (Å²) >= 11 is 6.00. The van der Waals surface area contributed by atoms with Gasteiger partial charge in [0.05, 0.1) is 18.2 Å². The first kappa shape index (κ1) is 23.6. The van der Waals surface area contributed by atoms with Crippen LogP contribution in [0.4, 0.5) is 0 Å². The number of nitrogens with zero attached hydrogens (tertiary/aromatic N) is 1. The topological polar surface area (TPSA) is 104 Å². The minimum absolute atomic E-state index is 0.0307. The summed E-state index contributed by atoms with van der Waals surface area (Å²) in [7, 11) is -3.42. The number of aliphatic carboxylic acids is 1. The molecule has 1 saturated heterocycles. The Morgan fingerprint density at radius 3 is 2.41 bits per heavy atom. The molecule has 0 aromatic heterocycles. The number of carbonyl (C=O) groups is 2. The number of sulfonamides is 1. The van der Waals surface area contributed by atoms with Gasteiger partial charge in [0.15, 0.2) is 0 Å². The maximum Gasteiger partial charge on any atom is 0.304 e. The third-order valence-electron chi connectivity index (χ3n) is 5.42. The molecule has 162 valence electrons. The van der Waals surface area contributed by atoms with E-state index >= 15 is 0 Å². The van der Waals surface area contributed by atoms with Gasteiger partial charge in [0, 0.05) is 23.5 Å². The largest absolute Gasteiger partial charge is 0.481 e. The van der Waals surface area contributed by atoms with Crippen molar-refractivity contribution in [1.82, 2.24) is 9.62 Å². The van der Waals surface area contributed by atoms with Gasteiger partial charge in [-0.1, -0.05) is 37.6 Å². The first-order valence-electron chi connectivity index (χ1n) is 9.82. The fourth-order valence-corrected chi connectivity index (χ4v) is 4.52. The maximum absolute atomic E-state index is 13.3. The summed E-state index contributed by atoms with van der Waals surface area (Å²) < 4.78 is 26.6. The lowest BCUT2D eigenvalue weighted by atomic mass is 9.84. The van der Waals surface area contributed by atoms with E-state index in [-0.39, 0.29) is 36.6 Å². The van der Waals surface area contributed by atoms with Gasteiger partial charge in [-0.05, 0) is 43.4 Å². The van der Waals surface area contributed by atoms with Crippen LogP contribution in [0.1, 0.15) is 51.6 Å². The van der Waals surface area contributed by atoms with Crippen LogP contribution >= 0.6 is 11.6 Å². The van der Waals surface area contributed by atoms with Crippen LogP contribution in [0, 0.1) is 11.8 Å². The van der Waals surface area contributed by atoms with E-state index in [0.29, 0.717) is 17.9 Å². The predicted molar refractivity (Wildman–Crippen MR) is 112 cm³/mol. The van der Waals surface area contributed by atoms with E-state index < -0.39 is 28.0 Å². The second-order valence-corrected chi connectivity index (χ2v) is 10.3. The number of hydrogen-bond donors (Lipinski definition) is 2. The molecule has 0 spiro atoms. The average Bonchev–Trinajstić information content (AvgIpc) is 2.65. The number of carboxylic acid groups (broad SMARTS) is 1. The summed E-state index contributed by atoms with van der Waals surface area (Å²) in [5.41, 5.74) is 0.903. The number of rotatable bonds is 9. The SMILES string of the molecule is CCS(=O)(=O)NCC(C(C)C)N1C(=O)[C@@H](CC(=O)O)CCC1c1ccc(Cl)cc1. The summed E-state index contributed by atoms with van der Waals surface area (Å²) in [6.07, 6.45) is 0.851. The van der Waals surface area contributed by atoms with Crippen molar-refractivity contribution in [3.63, 3.8) is 0 Å². The number of hydrogen-bond acceptors (Lipinski definition) is 4. The normalized spacial score (nSPS) is 21.4. The monoisotopic (exact) mass is 444 g/mol. The zero-order valence-electron chi connectivity index (χ0n) is 17.0. The summed E-state index contributed by atoms with van der Waals surface area (Å²) in [4.78, 5) is 26.2. The van der Waals surface area contributed by atoms with Crippen molar-refractivity contribution < 1.29 is 23.1 Å². The molecule has 2 unspecified atom stereocenters. The Morgan fingerprint density at radius 1 is 1.28 bits per heavy atom. The first-order valence-corrected chi connectivity index (χ1v) is 11.9. The van der Waals surface area contributed by atoms with Gasteiger partial charge in [-0.25, -0.2) is 13.1 Å². The molecule has 7 nitrogen and oxygen atoms in total. The Balaban J connectivity index is 2.40. The smallest absolute Gasteiger partial charge is 0.304 e. The molecule has 0 bridgehead atoms. The Bertz CT molecular complexity index is 826. The maximum atomic E-state index is 13.3. The molecule has 29 heavy (non-hydrogen) atoms. The highest BCUT2D eigenvalue weighted by atomic mass is 35.5. The highest BCUT2D eigenvalue weighted by molar-refractivity contribution is 7.89. The van der Waals surface area contributed by atoms with Crippen molar-refractivity contribution in [1.29, 1.82) is 0 Å². The molecule has 1 aliphatic heterocycles. The van der Waals surface area contributed by atoms with Gasteiger partial charge in [-0.3, -0.25) is 9.59 Å². The summed E-state index contributed by atoms with van der Waals surface area (Å²) in [6, 6.07) is 6.57. The minimum Gasteiger partial charge on any atom is -0.481 e. The quantitative estimate of drug-likeness (QED) is 0.609. The van der Waals surface area contributed by atoms with Crippen molar-refractivity contribution in [2.75, 3.05) is 12.3 Å². The first-order chi connectivity index (χ1) is 13.6. The fraction of sp³-hybridized carbons (Fsp3) is 0.600. The molecule has 2 N–H and O–H groups in total. The molecule has 3 atom stereocenters. The highest BCUT2D eigenvalue weighted by Gasteiger charge is 2.41. The zero-order chi connectivity index (χ0) is 21.8. The lowest BCUT2D eigenvalue weighted by Gasteiger charge is -2.45. The molecule has 2 rings (SSSR count). The zero-order valence-corrected chi connectivity index (χ0v) is 18.5. The molecular weight excluding hydrogens is 416 g/mol. The molecule has 1 heterocycles. The van der Waals surface area contributed by atoms with E-state index in [1.54, 1.807) is 24.0 Å². The number of carbonyl (C=O) groups excluding carboxylic acids is 1. The lowest BCUT2D eigenvalue weighted by Crippen LogP contribution is -2.55. The molecule has 1 aromatic rings. The summed E-state index contributed by atoms with van der Waals surface area (Å²) in [6.45, 7) is 5.50. The van der Waals surface area contributed by atoms with Crippen LogP contribution < -0.4 is 4.72 Å². The molecule has 1 aliphatic rings. The molecule has 1 fully saturated rings. The van der Waals surface area contributed by atoms with Crippen molar-refractivity contribution in [3.8, 4) is 0 Å². The Kier molecular flexibility index (Phi) is 8.08. The molecule has 0 radical (unpaired) electrons. The minimum atomic E-state index is -3.42. The number of likely N-dealkylation sites (tertiary alicyclic amines) is 1. The van der Waals surface area contributed by atoms with Gasteiger partial charge in [0.25, 0.3) is 0 Å². The van der Waals surface area contributed by atoms with Crippen molar-refractivity contribution in [3.05, 3.63) is 34.9 Å². The van der Waals surface area contributed by atoms with Crippen LogP contribution in [0.3, 0.4) is 0 Å². The second-order valence-electron chi connectivity index (χ2n) is 7.75. The van der Waals surface area contributed by atoms with Crippen LogP contribution in [-0.4, -0.2) is 48.6 Å². The number of carboxylic acids is 1. The molecule has 9 heteroatoms. The average molecular weight is 445 g/mol. The lowest BCUT2D eigenvalue weighted by molar-refractivity contribution is -0.152. The van der Waals surface area contributed by atoms with Crippen LogP contribution in [-0.2, 0) is 19.6 Å². The van der Waals surface area contributed by atoms with Gasteiger partial charge in [-0.2, -0.15) is 0 Å². The van der Waals surface area contributed by atoms with E-state index in [1.807, 2.05) is 26.0 Å². The van der Waals surface area contributed by atoms with E-state index in [2.05, 4.69) is 4.72 Å². The van der Waals surface area contributed by atoms with Crippen LogP contribution in [0.15, 0.2) is 24.3 Å². The van der Waals surface area contributed by atoms with Gasteiger partial charge in [0.2, 0.25) is 15.9 Å². The van der Waals surface area contributed by atoms with Crippen LogP contribution in [0.2, 0.25) is 5.02 Å². The Hall–Kier alpha value is -1.64. The van der Waals surface area contributed by atoms with Gasteiger partial charge < -0.3 is 10.0 Å². The number of benzene rings is 1. The summed E-state index contributed by atoms with van der Waals surface area (Å²) in [5.74, 6) is -1.94. The second kappa shape index (κ2) is 9.91. The van der Waals surface area contributed by atoms with Crippen molar-refractivity contribution in [2.45, 2.75) is 52.1 Å². The Morgan fingerprint density at radius 2 is 1.90 bits per heavy atom. The standard InChI is InChI=1S/C20H29ClN2O5S/c1-4-29(27,28)22-12-18(13(2)3)23-17(14-5-8-16(21)9-6-14)10-7-15(20(23)26)11-19(24)25/h5-6,8-9,13,15,17-18,22H,4,7,10-12H2,1-3H3,(H,24,25)/t15-,17?,18?/m1/s1.